The van der Waals surface area contributed by atoms with Crippen molar-refractivity contribution < 1.29 is 14.3 Å². The minimum absolute atomic E-state index is 0.0368. The molecule has 182 valence electrons. The molecule has 4 nitrogen and oxygen atoms in total. The van der Waals surface area contributed by atoms with Gasteiger partial charge in [-0.3, -0.25) is 4.79 Å². The molecule has 1 unspecified atom stereocenters. The summed E-state index contributed by atoms with van der Waals surface area (Å²) < 4.78 is 6.29. The lowest BCUT2D eigenvalue weighted by Gasteiger charge is -2.21. The number of rotatable bonds is 18. The second kappa shape index (κ2) is 18.1. The lowest BCUT2D eigenvalue weighted by atomic mass is 10.0. The molecule has 0 radical (unpaired) electrons. The van der Waals surface area contributed by atoms with Crippen molar-refractivity contribution in [3.05, 3.63) is 34.3 Å². The van der Waals surface area contributed by atoms with E-state index in [4.69, 9.17) is 4.74 Å². The van der Waals surface area contributed by atoms with Crippen molar-refractivity contribution in [2.24, 2.45) is 5.92 Å². The van der Waals surface area contributed by atoms with Crippen LogP contribution in [0.5, 0.6) is 0 Å². The number of esters is 1. The largest absolute Gasteiger partial charge is 0.464 e. The van der Waals surface area contributed by atoms with Crippen molar-refractivity contribution in [2.45, 2.75) is 110 Å². The van der Waals surface area contributed by atoms with Gasteiger partial charge in [0, 0.05) is 10.0 Å². The maximum atomic E-state index is 12.5. The zero-order valence-corrected chi connectivity index (χ0v) is 22.1. The van der Waals surface area contributed by atoms with Crippen LogP contribution in [-0.4, -0.2) is 24.5 Å². The zero-order chi connectivity index (χ0) is 23.6. The highest BCUT2D eigenvalue weighted by molar-refractivity contribution is 9.10. The number of carbonyl (C=O) groups is 2. The van der Waals surface area contributed by atoms with Gasteiger partial charge in [0.05, 0.1) is 6.61 Å². The zero-order valence-electron chi connectivity index (χ0n) is 20.5. The molecular weight excluding hydrogens is 466 g/mol. The molecule has 0 fully saturated rings. The Morgan fingerprint density at radius 1 is 0.875 bits per heavy atom. The van der Waals surface area contributed by atoms with Crippen molar-refractivity contribution in [1.82, 2.24) is 5.32 Å². The van der Waals surface area contributed by atoms with Crippen LogP contribution in [0.4, 0.5) is 0 Å². The molecule has 5 heteroatoms. The molecular formula is C27H44BrNO3. The second-order valence-corrected chi connectivity index (χ2v) is 10.0. The van der Waals surface area contributed by atoms with E-state index in [0.29, 0.717) is 12.2 Å². The Bertz CT molecular complexity index is 648. The maximum Gasteiger partial charge on any atom is 0.328 e. The Balaban J connectivity index is 2.12. The Labute approximate surface area is 204 Å². The summed E-state index contributed by atoms with van der Waals surface area (Å²) >= 11 is 3.37. The molecule has 1 rings (SSSR count). The lowest BCUT2D eigenvalue weighted by Crippen LogP contribution is -2.45. The Morgan fingerprint density at radius 3 is 1.91 bits per heavy atom. The smallest absolute Gasteiger partial charge is 0.328 e. The van der Waals surface area contributed by atoms with E-state index >= 15 is 0 Å². The molecule has 1 N–H and O–H groups in total. The highest BCUT2D eigenvalue weighted by Gasteiger charge is 2.26. The van der Waals surface area contributed by atoms with Gasteiger partial charge in [-0.05, 0) is 30.5 Å². The third-order valence-electron chi connectivity index (χ3n) is 5.79. The Kier molecular flexibility index (Phi) is 16.2. The topological polar surface area (TPSA) is 55.4 Å². The fraction of sp³-hybridized carbons (Fsp3) is 0.704. The number of amides is 1. The standard InChI is InChI=1S/C27H44BrNO3/c1-4-5-6-7-8-9-10-11-12-13-14-15-16-20-32-27(31)25(22(2)3)29-26(30)23-18-17-19-24(28)21-23/h17-19,21-22,25H,4-16,20H2,1-3H3,(H,29,30). The molecule has 1 amide bonds. The number of hydrogen-bond donors (Lipinski definition) is 1. The number of unbranched alkanes of at least 4 members (excludes halogenated alkanes) is 12. The van der Waals surface area contributed by atoms with E-state index in [0.717, 1.165) is 17.3 Å². The molecule has 0 aliphatic heterocycles. The van der Waals surface area contributed by atoms with Crippen LogP contribution in [0, 0.1) is 5.92 Å². The molecule has 0 bridgehead atoms. The van der Waals surface area contributed by atoms with Gasteiger partial charge >= 0.3 is 5.97 Å². The summed E-state index contributed by atoms with van der Waals surface area (Å²) in [5.74, 6) is -0.643. The number of nitrogens with one attached hydrogen (secondary N) is 1. The Morgan fingerprint density at radius 2 is 1.41 bits per heavy atom. The summed E-state index contributed by atoms with van der Waals surface area (Å²) in [7, 11) is 0. The summed E-state index contributed by atoms with van der Waals surface area (Å²) in [6, 6.07) is 6.50. The molecule has 0 aromatic heterocycles. The van der Waals surface area contributed by atoms with Gasteiger partial charge in [-0.2, -0.15) is 0 Å². The monoisotopic (exact) mass is 509 g/mol. The first-order valence-corrected chi connectivity index (χ1v) is 13.5. The summed E-state index contributed by atoms with van der Waals surface area (Å²) in [5.41, 5.74) is 0.523. The third kappa shape index (κ3) is 13.2. The normalized spacial score (nSPS) is 12.0. The molecule has 1 atom stereocenters. The van der Waals surface area contributed by atoms with E-state index in [1.807, 2.05) is 19.9 Å². The van der Waals surface area contributed by atoms with Gasteiger partial charge in [0.1, 0.15) is 6.04 Å². The number of halogens is 1. The molecule has 0 heterocycles. The average molecular weight is 511 g/mol. The summed E-state index contributed by atoms with van der Waals surface area (Å²) in [6.45, 7) is 6.52. The summed E-state index contributed by atoms with van der Waals surface area (Å²) in [4.78, 5) is 25.0. The van der Waals surface area contributed by atoms with Crippen LogP contribution in [0.15, 0.2) is 28.7 Å². The van der Waals surface area contributed by atoms with E-state index < -0.39 is 6.04 Å². The third-order valence-corrected chi connectivity index (χ3v) is 6.28. The average Bonchev–Trinajstić information content (AvgIpc) is 2.77. The fourth-order valence-corrected chi connectivity index (χ4v) is 4.13. The quantitative estimate of drug-likeness (QED) is 0.162. The number of hydrogen-bond acceptors (Lipinski definition) is 3. The lowest BCUT2D eigenvalue weighted by molar-refractivity contribution is -0.147. The van der Waals surface area contributed by atoms with Gasteiger partial charge < -0.3 is 10.1 Å². The minimum atomic E-state index is -0.636. The van der Waals surface area contributed by atoms with E-state index in [-0.39, 0.29) is 17.8 Å². The van der Waals surface area contributed by atoms with Crippen molar-refractivity contribution >= 4 is 27.8 Å². The predicted molar refractivity (Wildman–Crippen MR) is 137 cm³/mol. The van der Waals surface area contributed by atoms with Crippen LogP contribution in [0.3, 0.4) is 0 Å². The maximum absolute atomic E-state index is 12.5. The van der Waals surface area contributed by atoms with Crippen LogP contribution in [0.2, 0.25) is 0 Å². The first kappa shape index (κ1) is 28.7. The summed E-state index contributed by atoms with van der Waals surface area (Å²) in [6.07, 6.45) is 16.7. The molecule has 32 heavy (non-hydrogen) atoms. The van der Waals surface area contributed by atoms with E-state index in [2.05, 4.69) is 28.2 Å². The van der Waals surface area contributed by atoms with E-state index in [1.165, 1.54) is 70.6 Å². The number of benzene rings is 1. The van der Waals surface area contributed by atoms with Gasteiger partial charge in [0.25, 0.3) is 5.91 Å². The van der Waals surface area contributed by atoms with Gasteiger partial charge in [-0.1, -0.05) is 120 Å². The minimum Gasteiger partial charge on any atom is -0.464 e. The molecule has 0 saturated carbocycles. The molecule has 0 spiro atoms. The van der Waals surface area contributed by atoms with Crippen LogP contribution >= 0.6 is 15.9 Å². The molecule has 0 aliphatic rings. The van der Waals surface area contributed by atoms with Crippen molar-refractivity contribution in [1.29, 1.82) is 0 Å². The molecule has 0 saturated heterocycles. The number of carbonyl (C=O) groups excluding carboxylic acids is 2. The molecule has 1 aromatic carbocycles. The number of ether oxygens (including phenoxy) is 1. The van der Waals surface area contributed by atoms with Crippen molar-refractivity contribution in [2.75, 3.05) is 6.61 Å². The van der Waals surface area contributed by atoms with Crippen LogP contribution in [0.25, 0.3) is 0 Å². The summed E-state index contributed by atoms with van der Waals surface area (Å²) in [5, 5.41) is 2.83. The van der Waals surface area contributed by atoms with E-state index in [1.54, 1.807) is 18.2 Å². The second-order valence-electron chi connectivity index (χ2n) is 9.12. The van der Waals surface area contributed by atoms with Gasteiger partial charge in [0.15, 0.2) is 0 Å². The SMILES string of the molecule is CCCCCCCCCCCCCCCOC(=O)C(NC(=O)c1cccc(Br)c1)C(C)C. The highest BCUT2D eigenvalue weighted by atomic mass is 79.9. The first-order valence-electron chi connectivity index (χ1n) is 12.7. The van der Waals surface area contributed by atoms with Gasteiger partial charge in [-0.15, -0.1) is 0 Å². The van der Waals surface area contributed by atoms with Gasteiger partial charge in [0.2, 0.25) is 0 Å². The van der Waals surface area contributed by atoms with Crippen LogP contribution in [-0.2, 0) is 9.53 Å². The molecule has 0 aliphatic carbocycles. The van der Waals surface area contributed by atoms with Crippen molar-refractivity contribution in [3.63, 3.8) is 0 Å². The van der Waals surface area contributed by atoms with Crippen molar-refractivity contribution in [3.8, 4) is 0 Å². The first-order chi connectivity index (χ1) is 15.5. The predicted octanol–water partition coefficient (Wildman–Crippen LogP) is 7.84. The molecule has 1 aromatic rings. The van der Waals surface area contributed by atoms with Gasteiger partial charge in [-0.25, -0.2) is 4.79 Å². The highest BCUT2D eigenvalue weighted by Crippen LogP contribution is 2.14. The Hall–Kier alpha value is -1.36. The fourth-order valence-electron chi connectivity index (χ4n) is 3.73. The van der Waals surface area contributed by atoms with E-state index in [9.17, 15) is 9.59 Å². The van der Waals surface area contributed by atoms with Crippen LogP contribution < -0.4 is 5.32 Å². The van der Waals surface area contributed by atoms with Crippen LogP contribution in [0.1, 0.15) is 115 Å².